The number of rotatable bonds is 5. The van der Waals surface area contributed by atoms with Crippen molar-refractivity contribution in [1.29, 1.82) is 0 Å². The molecule has 1 atom stereocenters. The van der Waals surface area contributed by atoms with Crippen LogP contribution in [0, 0.1) is 5.92 Å². The minimum Gasteiger partial charge on any atom is -0.352 e. The van der Waals surface area contributed by atoms with Gasteiger partial charge in [-0.1, -0.05) is 6.92 Å². The minimum absolute atomic E-state index is 0.0336. The number of benzene rings is 1. The van der Waals surface area contributed by atoms with Gasteiger partial charge in [0, 0.05) is 24.3 Å². The summed E-state index contributed by atoms with van der Waals surface area (Å²) in [5.74, 6) is 0.00266. The van der Waals surface area contributed by atoms with Crippen LogP contribution in [0.15, 0.2) is 24.3 Å². The monoisotopic (exact) mass is 289 g/mol. The van der Waals surface area contributed by atoms with Crippen molar-refractivity contribution >= 4 is 17.5 Å². The fourth-order valence-electron chi connectivity index (χ4n) is 2.37. The van der Waals surface area contributed by atoms with Gasteiger partial charge in [0.15, 0.2) is 0 Å². The molecule has 1 aliphatic heterocycles. The van der Waals surface area contributed by atoms with E-state index in [4.69, 9.17) is 0 Å². The summed E-state index contributed by atoms with van der Waals surface area (Å²) in [5.41, 5.74) is 1.35. The van der Waals surface area contributed by atoms with Crippen LogP contribution in [0.3, 0.4) is 0 Å². The Morgan fingerprint density at radius 2 is 2.05 bits per heavy atom. The Morgan fingerprint density at radius 1 is 1.29 bits per heavy atom. The first-order chi connectivity index (χ1) is 10.2. The fourth-order valence-corrected chi connectivity index (χ4v) is 2.37. The molecule has 21 heavy (non-hydrogen) atoms. The Morgan fingerprint density at radius 3 is 2.67 bits per heavy atom. The van der Waals surface area contributed by atoms with Crippen molar-refractivity contribution in [3.63, 3.8) is 0 Å². The molecule has 0 bridgehead atoms. The van der Waals surface area contributed by atoms with E-state index < -0.39 is 0 Å². The zero-order chi connectivity index (χ0) is 15.1. The number of anilines is 1. The minimum atomic E-state index is -0.0776. The summed E-state index contributed by atoms with van der Waals surface area (Å²) in [7, 11) is 0. The van der Waals surface area contributed by atoms with Crippen LogP contribution in [-0.4, -0.2) is 31.4 Å². The predicted molar refractivity (Wildman–Crippen MR) is 83.3 cm³/mol. The summed E-state index contributed by atoms with van der Waals surface area (Å²) in [6.07, 6.45) is 2.88. The quantitative estimate of drug-likeness (QED) is 0.773. The molecular weight excluding hydrogens is 266 g/mol. The SMILES string of the molecule is CCCNC(=O)c1ccc(NC(=O)C2CCCNC2)cc1. The number of piperidine rings is 1. The van der Waals surface area contributed by atoms with Crippen molar-refractivity contribution in [3.05, 3.63) is 29.8 Å². The van der Waals surface area contributed by atoms with E-state index in [1.807, 2.05) is 6.92 Å². The molecular formula is C16H23N3O2. The summed E-state index contributed by atoms with van der Waals surface area (Å²) >= 11 is 0. The summed E-state index contributed by atoms with van der Waals surface area (Å²) in [6, 6.07) is 7.02. The van der Waals surface area contributed by atoms with Gasteiger partial charge in [-0.3, -0.25) is 9.59 Å². The maximum atomic E-state index is 12.1. The zero-order valence-corrected chi connectivity index (χ0v) is 12.4. The highest BCUT2D eigenvalue weighted by Crippen LogP contribution is 2.15. The third kappa shape index (κ3) is 4.56. The molecule has 1 fully saturated rings. The van der Waals surface area contributed by atoms with Gasteiger partial charge in [0.1, 0.15) is 0 Å². The maximum absolute atomic E-state index is 12.1. The smallest absolute Gasteiger partial charge is 0.251 e. The third-order valence-corrected chi connectivity index (χ3v) is 3.62. The molecule has 114 valence electrons. The van der Waals surface area contributed by atoms with E-state index in [1.165, 1.54) is 0 Å². The largest absolute Gasteiger partial charge is 0.352 e. The van der Waals surface area contributed by atoms with E-state index in [0.29, 0.717) is 12.1 Å². The van der Waals surface area contributed by atoms with E-state index >= 15 is 0 Å². The van der Waals surface area contributed by atoms with Crippen molar-refractivity contribution in [1.82, 2.24) is 10.6 Å². The van der Waals surface area contributed by atoms with Crippen molar-refractivity contribution in [2.75, 3.05) is 25.0 Å². The first kappa shape index (κ1) is 15.5. The Kier molecular flexibility index (Phi) is 5.75. The van der Waals surface area contributed by atoms with Crippen LogP contribution in [0.4, 0.5) is 5.69 Å². The number of carbonyl (C=O) groups is 2. The van der Waals surface area contributed by atoms with Gasteiger partial charge in [-0.25, -0.2) is 0 Å². The molecule has 1 aliphatic rings. The van der Waals surface area contributed by atoms with Gasteiger partial charge in [0.2, 0.25) is 5.91 Å². The normalized spacial score (nSPS) is 18.0. The molecule has 0 aromatic heterocycles. The van der Waals surface area contributed by atoms with Gasteiger partial charge in [0.05, 0.1) is 5.92 Å². The lowest BCUT2D eigenvalue weighted by atomic mass is 9.99. The zero-order valence-electron chi connectivity index (χ0n) is 12.4. The van der Waals surface area contributed by atoms with Crippen molar-refractivity contribution < 1.29 is 9.59 Å². The number of carbonyl (C=O) groups excluding carboxylic acids is 2. The molecule has 0 radical (unpaired) electrons. The van der Waals surface area contributed by atoms with Gasteiger partial charge >= 0.3 is 0 Å². The molecule has 5 nitrogen and oxygen atoms in total. The van der Waals surface area contributed by atoms with Crippen LogP contribution in [0.5, 0.6) is 0 Å². The Labute approximate surface area is 125 Å². The second-order valence-electron chi connectivity index (χ2n) is 5.37. The van der Waals surface area contributed by atoms with E-state index in [9.17, 15) is 9.59 Å². The van der Waals surface area contributed by atoms with E-state index in [1.54, 1.807) is 24.3 Å². The molecule has 3 N–H and O–H groups in total. The molecule has 1 heterocycles. The maximum Gasteiger partial charge on any atom is 0.251 e. The lowest BCUT2D eigenvalue weighted by Gasteiger charge is -2.21. The average Bonchev–Trinajstić information content (AvgIpc) is 2.54. The standard InChI is InChI=1S/C16H23N3O2/c1-2-9-18-15(20)12-5-7-14(8-6-12)19-16(21)13-4-3-10-17-11-13/h5-8,13,17H,2-4,9-11H2,1H3,(H,18,20)(H,19,21). The highest BCUT2D eigenvalue weighted by atomic mass is 16.2. The number of amides is 2. The number of hydrogen-bond donors (Lipinski definition) is 3. The van der Waals surface area contributed by atoms with E-state index in [0.717, 1.165) is 38.0 Å². The summed E-state index contributed by atoms with van der Waals surface area (Å²) < 4.78 is 0. The molecule has 2 amide bonds. The molecule has 1 aromatic rings. The lowest BCUT2D eigenvalue weighted by Crippen LogP contribution is -2.37. The molecule has 1 aromatic carbocycles. The lowest BCUT2D eigenvalue weighted by molar-refractivity contribution is -0.120. The van der Waals surface area contributed by atoms with Crippen LogP contribution >= 0.6 is 0 Å². The van der Waals surface area contributed by atoms with Crippen molar-refractivity contribution in [2.24, 2.45) is 5.92 Å². The Bertz CT molecular complexity index is 479. The molecule has 0 spiro atoms. The Hall–Kier alpha value is -1.88. The molecule has 1 unspecified atom stereocenters. The molecule has 5 heteroatoms. The van der Waals surface area contributed by atoms with Gasteiger partial charge in [-0.05, 0) is 50.1 Å². The van der Waals surface area contributed by atoms with Crippen LogP contribution in [0.2, 0.25) is 0 Å². The summed E-state index contributed by atoms with van der Waals surface area (Å²) in [5, 5.41) is 8.97. The average molecular weight is 289 g/mol. The summed E-state index contributed by atoms with van der Waals surface area (Å²) in [4.78, 5) is 23.9. The molecule has 1 saturated heterocycles. The molecule has 2 rings (SSSR count). The molecule has 0 saturated carbocycles. The van der Waals surface area contributed by atoms with Gasteiger partial charge in [-0.15, -0.1) is 0 Å². The first-order valence-corrected chi connectivity index (χ1v) is 7.60. The van der Waals surface area contributed by atoms with Gasteiger partial charge in [0.25, 0.3) is 5.91 Å². The second kappa shape index (κ2) is 7.78. The highest BCUT2D eigenvalue weighted by molar-refractivity contribution is 5.96. The van der Waals surface area contributed by atoms with Crippen LogP contribution < -0.4 is 16.0 Å². The van der Waals surface area contributed by atoms with E-state index in [-0.39, 0.29) is 17.7 Å². The first-order valence-electron chi connectivity index (χ1n) is 7.60. The van der Waals surface area contributed by atoms with Crippen LogP contribution in [-0.2, 0) is 4.79 Å². The number of nitrogens with one attached hydrogen (secondary N) is 3. The van der Waals surface area contributed by atoms with Gasteiger partial charge in [-0.2, -0.15) is 0 Å². The van der Waals surface area contributed by atoms with Crippen LogP contribution in [0.1, 0.15) is 36.5 Å². The molecule has 0 aliphatic carbocycles. The second-order valence-corrected chi connectivity index (χ2v) is 5.37. The van der Waals surface area contributed by atoms with E-state index in [2.05, 4.69) is 16.0 Å². The predicted octanol–water partition coefficient (Wildman–Crippen LogP) is 1.76. The van der Waals surface area contributed by atoms with Gasteiger partial charge < -0.3 is 16.0 Å². The highest BCUT2D eigenvalue weighted by Gasteiger charge is 2.20. The van der Waals surface area contributed by atoms with Crippen molar-refractivity contribution in [3.8, 4) is 0 Å². The third-order valence-electron chi connectivity index (χ3n) is 3.62. The summed E-state index contributed by atoms with van der Waals surface area (Å²) in [6.45, 7) is 4.42. The van der Waals surface area contributed by atoms with Crippen LogP contribution in [0.25, 0.3) is 0 Å². The Balaban J connectivity index is 1.89. The number of hydrogen-bond acceptors (Lipinski definition) is 3. The van der Waals surface area contributed by atoms with Crippen molar-refractivity contribution in [2.45, 2.75) is 26.2 Å². The topological polar surface area (TPSA) is 70.2 Å². The fraction of sp³-hybridized carbons (Fsp3) is 0.500.